The summed E-state index contributed by atoms with van der Waals surface area (Å²) in [7, 11) is -3.49. The number of carbonyl (C=O) groups excluding carboxylic acids is 5. The molecule has 16 heteroatoms. The van der Waals surface area contributed by atoms with Crippen LogP contribution in [-0.4, -0.2) is 120 Å². The maximum atomic E-state index is 15.5. The van der Waals surface area contributed by atoms with Gasteiger partial charge < -0.3 is 14.5 Å². The molecule has 5 amide bonds. The summed E-state index contributed by atoms with van der Waals surface area (Å²) in [5.41, 5.74) is 1.27. The minimum absolute atomic E-state index is 0.00856. The molecule has 2 aromatic rings. The van der Waals surface area contributed by atoms with E-state index in [0.717, 1.165) is 42.2 Å². The molecule has 14 nitrogen and oxygen atoms in total. The van der Waals surface area contributed by atoms with Gasteiger partial charge >= 0.3 is 6.09 Å². The fourth-order valence-electron chi connectivity index (χ4n) is 9.84. The van der Waals surface area contributed by atoms with Crippen LogP contribution in [0.3, 0.4) is 0 Å². The Morgan fingerprint density at radius 3 is 2.19 bits per heavy atom. The minimum Gasteiger partial charge on any atom is -0.444 e. The van der Waals surface area contributed by atoms with Crippen LogP contribution in [0.5, 0.6) is 0 Å². The molecule has 5 fully saturated rings. The Morgan fingerprint density at radius 2 is 1.56 bits per heavy atom. The molecule has 1 aliphatic carbocycles. The number of amides is 5. The van der Waals surface area contributed by atoms with Crippen LogP contribution in [0.4, 0.5) is 14.9 Å². The van der Waals surface area contributed by atoms with Gasteiger partial charge in [0, 0.05) is 50.9 Å². The Balaban J connectivity index is 0.790. The van der Waals surface area contributed by atoms with Crippen LogP contribution >= 0.6 is 0 Å². The zero-order chi connectivity index (χ0) is 40.1. The number of sulfonamides is 1. The number of fused-ring (bicyclic) bond motifs is 1. The van der Waals surface area contributed by atoms with E-state index in [-0.39, 0.29) is 47.7 Å². The Labute approximate surface area is 332 Å². The summed E-state index contributed by atoms with van der Waals surface area (Å²) in [6, 6.07) is 11.0. The van der Waals surface area contributed by atoms with Gasteiger partial charge in [0.25, 0.3) is 11.8 Å². The summed E-state index contributed by atoms with van der Waals surface area (Å²) in [6.07, 6.45) is 6.88. The van der Waals surface area contributed by atoms with Crippen LogP contribution in [0.15, 0.2) is 55.2 Å². The molecular formula is C41H49FN6O8S. The second-order valence-corrected chi connectivity index (χ2v) is 18.6. The third kappa shape index (κ3) is 7.47. The zero-order valence-corrected chi connectivity index (χ0v) is 32.8. The number of imide groups is 2. The van der Waals surface area contributed by atoms with Gasteiger partial charge in [-0.25, -0.2) is 21.9 Å². The predicted octanol–water partition coefficient (Wildman–Crippen LogP) is 4.02. The molecule has 8 rings (SSSR count). The molecule has 5 heterocycles. The van der Waals surface area contributed by atoms with Crippen molar-refractivity contribution in [3.8, 4) is 0 Å². The minimum atomic E-state index is -3.49. The predicted molar refractivity (Wildman–Crippen MR) is 207 cm³/mol. The maximum Gasteiger partial charge on any atom is 0.414 e. The molecule has 0 bridgehead atoms. The number of anilines is 1. The molecule has 1 spiro atoms. The first-order valence-corrected chi connectivity index (χ1v) is 21.5. The summed E-state index contributed by atoms with van der Waals surface area (Å²) in [6.45, 7) is 7.26. The van der Waals surface area contributed by atoms with E-state index >= 15 is 4.39 Å². The zero-order valence-electron chi connectivity index (χ0n) is 31.9. The number of piperidine rings is 4. The number of rotatable bonds is 9. The molecule has 0 aromatic heterocycles. The van der Waals surface area contributed by atoms with E-state index in [1.807, 2.05) is 35.2 Å². The van der Waals surface area contributed by atoms with E-state index in [2.05, 4.69) is 16.8 Å². The lowest BCUT2D eigenvalue weighted by molar-refractivity contribution is -0.136. The van der Waals surface area contributed by atoms with E-state index in [1.54, 1.807) is 4.31 Å². The number of carbonyl (C=O) groups is 5. The number of ether oxygens (including phenoxy) is 1. The van der Waals surface area contributed by atoms with Crippen LogP contribution in [0.1, 0.15) is 90.5 Å². The van der Waals surface area contributed by atoms with Gasteiger partial charge in [0.1, 0.15) is 18.5 Å². The number of nitrogens with one attached hydrogen (secondary N) is 1. The molecule has 2 aromatic carbocycles. The quantitative estimate of drug-likeness (QED) is 0.368. The average molecular weight is 805 g/mol. The van der Waals surface area contributed by atoms with Crippen molar-refractivity contribution in [1.29, 1.82) is 0 Å². The van der Waals surface area contributed by atoms with Crippen molar-refractivity contribution in [1.82, 2.24) is 24.3 Å². The Bertz CT molecular complexity index is 2050. The number of nitrogens with zero attached hydrogens (tertiary/aromatic N) is 5. The summed E-state index contributed by atoms with van der Waals surface area (Å²) in [5, 5.41) is 1.74. The van der Waals surface area contributed by atoms with Crippen molar-refractivity contribution in [3.05, 3.63) is 77.8 Å². The first-order chi connectivity index (χ1) is 27.4. The largest absolute Gasteiger partial charge is 0.444 e. The van der Waals surface area contributed by atoms with Crippen LogP contribution < -0.4 is 10.2 Å². The number of hydrogen-bond donors (Lipinski definition) is 1. The molecule has 57 heavy (non-hydrogen) atoms. The molecule has 1 N–H and O–H groups in total. The third-order valence-electron chi connectivity index (χ3n) is 13.2. The highest BCUT2D eigenvalue weighted by atomic mass is 32.2. The molecular weight excluding hydrogens is 756 g/mol. The van der Waals surface area contributed by atoms with E-state index in [4.69, 9.17) is 4.74 Å². The van der Waals surface area contributed by atoms with Gasteiger partial charge in [-0.2, -0.15) is 0 Å². The highest BCUT2D eigenvalue weighted by Crippen LogP contribution is 2.52. The van der Waals surface area contributed by atoms with Crippen LogP contribution in [-0.2, 0) is 31.0 Å². The number of likely N-dealkylation sites (tertiary alicyclic amines) is 1. The monoisotopic (exact) mass is 804 g/mol. The third-order valence-corrected chi connectivity index (χ3v) is 15.6. The molecule has 6 aliphatic rings. The van der Waals surface area contributed by atoms with E-state index in [1.165, 1.54) is 17.2 Å². The molecule has 0 radical (unpaired) electrons. The first kappa shape index (κ1) is 39.2. The molecule has 304 valence electrons. The topological polar surface area (TPSA) is 157 Å². The summed E-state index contributed by atoms with van der Waals surface area (Å²) in [5.74, 6) is -3.15. The number of hydrogen-bond acceptors (Lipinski definition) is 10. The van der Waals surface area contributed by atoms with Crippen LogP contribution in [0.2, 0.25) is 0 Å². The normalized spacial score (nSPS) is 24.0. The first-order valence-electron chi connectivity index (χ1n) is 20.0. The summed E-state index contributed by atoms with van der Waals surface area (Å²) in [4.78, 5) is 70.0. The van der Waals surface area contributed by atoms with Crippen molar-refractivity contribution in [2.75, 3.05) is 44.2 Å². The van der Waals surface area contributed by atoms with Gasteiger partial charge in [-0.15, -0.1) is 0 Å². The lowest BCUT2D eigenvalue weighted by atomic mass is 9.59. The lowest BCUT2D eigenvalue weighted by Crippen LogP contribution is -2.57. The Kier molecular flexibility index (Phi) is 10.7. The van der Waals surface area contributed by atoms with E-state index in [9.17, 15) is 32.4 Å². The summed E-state index contributed by atoms with van der Waals surface area (Å²) < 4.78 is 50.1. The van der Waals surface area contributed by atoms with Gasteiger partial charge in [0.2, 0.25) is 21.8 Å². The van der Waals surface area contributed by atoms with Crippen molar-refractivity contribution in [2.24, 2.45) is 5.41 Å². The molecule has 4 saturated heterocycles. The number of benzene rings is 2. The van der Waals surface area contributed by atoms with Gasteiger partial charge in [-0.1, -0.05) is 36.9 Å². The van der Waals surface area contributed by atoms with Crippen LogP contribution in [0, 0.1) is 11.2 Å². The van der Waals surface area contributed by atoms with E-state index in [0.29, 0.717) is 71.0 Å². The van der Waals surface area contributed by atoms with Crippen molar-refractivity contribution >= 4 is 45.4 Å². The lowest BCUT2D eigenvalue weighted by Gasteiger charge is -2.56. The molecule has 5 aliphatic heterocycles. The number of halogens is 1. The second kappa shape index (κ2) is 15.6. The molecule has 1 atom stereocenters. The molecule has 1 saturated carbocycles. The van der Waals surface area contributed by atoms with Crippen molar-refractivity contribution < 1.29 is 41.5 Å². The Morgan fingerprint density at radius 1 is 0.912 bits per heavy atom. The maximum absolute atomic E-state index is 15.5. The fraction of sp³-hybridized carbons (Fsp3) is 0.537. The second-order valence-electron chi connectivity index (χ2n) is 16.4. The van der Waals surface area contributed by atoms with Crippen molar-refractivity contribution in [3.63, 3.8) is 0 Å². The smallest absolute Gasteiger partial charge is 0.414 e. The highest BCUT2D eigenvalue weighted by Gasteiger charge is 2.50. The average Bonchev–Trinajstić information content (AvgIpc) is 3.44. The van der Waals surface area contributed by atoms with Gasteiger partial charge in [0.05, 0.1) is 22.1 Å². The summed E-state index contributed by atoms with van der Waals surface area (Å²) >= 11 is 0. The van der Waals surface area contributed by atoms with Gasteiger partial charge in [0.15, 0.2) is 0 Å². The highest BCUT2D eigenvalue weighted by molar-refractivity contribution is 7.89. The standard InChI is InChI=1S/C41H49FN6O8S/c1-2-47(40(53)56-26-27-6-4-3-5-7-27)28-10-18-46(19-11-28)57(54,55)30-12-16-44(17-13-30)29-24-41(25-29)14-20-45(21-15-41)35-23-32-31(22-33(35)42)38(51)48(39(32)52)34-8-9-36(49)43-37(34)50/h2-7,22-23,28-30,34H,1,8-21,24-26H2,(H,43,49,50). The fourth-order valence-corrected chi connectivity index (χ4v) is 11.8. The van der Waals surface area contributed by atoms with E-state index < -0.39 is 56.9 Å². The van der Waals surface area contributed by atoms with Gasteiger partial charge in [-0.3, -0.25) is 34.3 Å². The SMILES string of the molecule is C=CN(C(=O)OCc1ccccc1)C1CCN(S(=O)(=O)C2CCN(C3CC4(CCN(c5cc6c(cc5F)C(=O)N(C5CCC(=O)NC5=O)C6=O)CC4)C3)CC2)CC1. The van der Waals surface area contributed by atoms with Crippen LogP contribution in [0.25, 0.3) is 0 Å². The Hall–Kier alpha value is -4.67. The molecule has 1 unspecified atom stereocenters. The van der Waals surface area contributed by atoms with Gasteiger partial charge in [-0.05, 0) is 94.0 Å². The van der Waals surface area contributed by atoms with Crippen molar-refractivity contribution in [2.45, 2.75) is 94.2 Å².